The third-order valence-electron chi connectivity index (χ3n) is 6.50. The monoisotopic (exact) mass is 441 g/mol. The summed E-state index contributed by atoms with van der Waals surface area (Å²) in [7, 11) is 0. The molecule has 0 spiro atoms. The Labute approximate surface area is 197 Å². The van der Waals surface area contributed by atoms with Gasteiger partial charge in [-0.15, -0.1) is 10.2 Å². The second kappa shape index (κ2) is 8.02. The third-order valence-corrected chi connectivity index (χ3v) is 6.50. The van der Waals surface area contributed by atoms with Crippen molar-refractivity contribution in [1.82, 2.24) is 15.0 Å². The van der Waals surface area contributed by atoms with Crippen molar-refractivity contribution in [2.45, 2.75) is 65.7 Å². The van der Waals surface area contributed by atoms with Gasteiger partial charge in [-0.25, -0.2) is 0 Å². The molecule has 0 saturated carbocycles. The van der Waals surface area contributed by atoms with E-state index in [9.17, 15) is 5.11 Å². The molecular formula is C29H35N3O. The largest absolute Gasteiger partial charge is 0.507 e. The molecule has 4 heteroatoms. The zero-order chi connectivity index (χ0) is 24.0. The summed E-state index contributed by atoms with van der Waals surface area (Å²) < 4.78 is 0. The fourth-order valence-corrected chi connectivity index (χ4v) is 5.16. The molecule has 0 bridgehead atoms. The molecule has 172 valence electrons. The average Bonchev–Trinajstić information content (AvgIpc) is 3.16. The van der Waals surface area contributed by atoms with Gasteiger partial charge in [-0.1, -0.05) is 90.9 Å². The lowest BCUT2D eigenvalue weighted by molar-refractivity contribution is 0.277. The van der Waals surface area contributed by atoms with E-state index in [1.165, 1.54) is 0 Å². The Morgan fingerprint density at radius 3 is 1.91 bits per heavy atom. The van der Waals surface area contributed by atoms with Gasteiger partial charge in [-0.3, -0.25) is 0 Å². The number of rotatable bonds is 5. The van der Waals surface area contributed by atoms with Crippen LogP contribution in [0, 0.1) is 5.41 Å². The first-order valence-corrected chi connectivity index (χ1v) is 11.6. The van der Waals surface area contributed by atoms with E-state index in [-0.39, 0.29) is 10.8 Å². The van der Waals surface area contributed by atoms with Gasteiger partial charge >= 0.3 is 0 Å². The Balaban J connectivity index is 1.75. The molecule has 0 aliphatic rings. The van der Waals surface area contributed by atoms with E-state index in [1.54, 1.807) is 4.80 Å². The SMILES string of the molecule is CC(C)(C)CC(C)(C)c1cccc(C(C)(C)c2cccc(-n3nc4ccccc4n3)c2)c1O. The predicted octanol–water partition coefficient (Wildman–Crippen LogP) is 7.17. The fourth-order valence-electron chi connectivity index (χ4n) is 5.16. The van der Waals surface area contributed by atoms with Crippen LogP contribution in [0.2, 0.25) is 0 Å². The highest BCUT2D eigenvalue weighted by Gasteiger charge is 2.33. The van der Waals surface area contributed by atoms with Crippen LogP contribution in [0.15, 0.2) is 66.7 Å². The average molecular weight is 442 g/mol. The van der Waals surface area contributed by atoms with Crippen molar-refractivity contribution >= 4 is 11.0 Å². The van der Waals surface area contributed by atoms with Gasteiger partial charge in [-0.2, -0.15) is 4.80 Å². The quantitative estimate of drug-likeness (QED) is 0.357. The summed E-state index contributed by atoms with van der Waals surface area (Å²) in [5.41, 5.74) is 5.29. The lowest BCUT2D eigenvalue weighted by atomic mass is 9.69. The minimum atomic E-state index is -0.402. The van der Waals surface area contributed by atoms with Crippen molar-refractivity contribution < 1.29 is 5.11 Å². The molecule has 0 radical (unpaired) electrons. The molecular weight excluding hydrogens is 406 g/mol. The van der Waals surface area contributed by atoms with Crippen LogP contribution < -0.4 is 0 Å². The van der Waals surface area contributed by atoms with Crippen molar-refractivity contribution in [3.05, 3.63) is 83.4 Å². The van der Waals surface area contributed by atoms with Crippen LogP contribution in [-0.4, -0.2) is 20.1 Å². The van der Waals surface area contributed by atoms with Gasteiger partial charge in [0.1, 0.15) is 16.8 Å². The minimum Gasteiger partial charge on any atom is -0.507 e. The molecule has 0 atom stereocenters. The number of para-hydroxylation sites is 1. The smallest absolute Gasteiger partial charge is 0.123 e. The van der Waals surface area contributed by atoms with Crippen LogP contribution >= 0.6 is 0 Å². The highest BCUT2D eigenvalue weighted by Crippen LogP contribution is 2.45. The summed E-state index contributed by atoms with van der Waals surface area (Å²) in [6.07, 6.45) is 0.978. The number of fused-ring (bicyclic) bond motifs is 1. The summed E-state index contributed by atoms with van der Waals surface area (Å²) in [6, 6.07) is 22.3. The number of aromatic nitrogens is 3. The van der Waals surface area contributed by atoms with Crippen LogP contribution in [0.5, 0.6) is 5.75 Å². The van der Waals surface area contributed by atoms with Gasteiger partial charge in [0, 0.05) is 11.0 Å². The number of hydrogen-bond donors (Lipinski definition) is 1. The van der Waals surface area contributed by atoms with E-state index in [0.29, 0.717) is 5.75 Å². The van der Waals surface area contributed by atoms with E-state index in [4.69, 9.17) is 0 Å². The van der Waals surface area contributed by atoms with E-state index >= 15 is 0 Å². The highest BCUT2D eigenvalue weighted by molar-refractivity contribution is 5.73. The molecule has 1 heterocycles. The Morgan fingerprint density at radius 1 is 0.727 bits per heavy atom. The molecule has 4 aromatic rings. The van der Waals surface area contributed by atoms with Crippen LogP contribution in [-0.2, 0) is 10.8 Å². The lowest BCUT2D eigenvalue weighted by Crippen LogP contribution is -2.26. The molecule has 0 amide bonds. The second-order valence-electron chi connectivity index (χ2n) is 11.5. The molecule has 3 aromatic carbocycles. The van der Waals surface area contributed by atoms with E-state index in [0.717, 1.165) is 39.8 Å². The van der Waals surface area contributed by atoms with E-state index in [2.05, 4.69) is 82.9 Å². The maximum Gasteiger partial charge on any atom is 0.123 e. The van der Waals surface area contributed by atoms with Gasteiger partial charge in [0.05, 0.1) is 5.69 Å². The Hall–Kier alpha value is -3.14. The van der Waals surface area contributed by atoms with E-state index < -0.39 is 5.41 Å². The maximum atomic E-state index is 11.5. The summed E-state index contributed by atoms with van der Waals surface area (Å²) in [4.78, 5) is 1.69. The second-order valence-corrected chi connectivity index (χ2v) is 11.5. The van der Waals surface area contributed by atoms with Crippen molar-refractivity contribution in [3.63, 3.8) is 0 Å². The van der Waals surface area contributed by atoms with Crippen LogP contribution in [0.4, 0.5) is 0 Å². The minimum absolute atomic E-state index is 0.143. The Bertz CT molecular complexity index is 1260. The number of nitrogens with zero attached hydrogens (tertiary/aromatic N) is 3. The lowest BCUT2D eigenvalue weighted by Gasteiger charge is -2.35. The first-order chi connectivity index (χ1) is 15.4. The number of benzene rings is 3. The summed E-state index contributed by atoms with van der Waals surface area (Å²) >= 11 is 0. The molecule has 0 saturated heterocycles. The van der Waals surface area contributed by atoms with Gasteiger partial charge in [-0.05, 0) is 52.6 Å². The molecule has 1 aromatic heterocycles. The molecule has 4 nitrogen and oxygen atoms in total. The Kier molecular flexibility index (Phi) is 5.60. The van der Waals surface area contributed by atoms with Crippen LogP contribution in [0.1, 0.15) is 71.6 Å². The molecule has 0 unspecified atom stereocenters. The first-order valence-electron chi connectivity index (χ1n) is 11.6. The van der Waals surface area contributed by atoms with Gasteiger partial charge < -0.3 is 5.11 Å². The van der Waals surface area contributed by atoms with Crippen molar-refractivity contribution in [1.29, 1.82) is 0 Å². The normalized spacial score (nSPS) is 12.9. The molecule has 0 aliphatic carbocycles. The van der Waals surface area contributed by atoms with Crippen LogP contribution in [0.3, 0.4) is 0 Å². The third kappa shape index (κ3) is 4.52. The number of hydrogen-bond acceptors (Lipinski definition) is 3. The molecule has 0 aliphatic heterocycles. The zero-order valence-electron chi connectivity index (χ0n) is 20.8. The predicted molar refractivity (Wildman–Crippen MR) is 136 cm³/mol. The molecule has 4 rings (SSSR count). The van der Waals surface area contributed by atoms with Crippen molar-refractivity contribution in [2.75, 3.05) is 0 Å². The fraction of sp³-hybridized carbons (Fsp3) is 0.379. The van der Waals surface area contributed by atoms with Crippen molar-refractivity contribution in [3.8, 4) is 11.4 Å². The molecule has 1 N–H and O–H groups in total. The number of aromatic hydroxyl groups is 1. The van der Waals surface area contributed by atoms with E-state index in [1.807, 2.05) is 42.5 Å². The standard InChI is InChI=1S/C29H35N3O/c1-27(2,3)19-28(4,5)22-14-11-15-23(26(22)33)29(6,7)20-12-10-13-21(18-20)32-30-24-16-8-9-17-25(24)31-32/h8-18,33H,19H2,1-7H3. The Morgan fingerprint density at radius 2 is 1.30 bits per heavy atom. The van der Waals surface area contributed by atoms with Gasteiger partial charge in [0.15, 0.2) is 0 Å². The summed E-state index contributed by atoms with van der Waals surface area (Å²) in [5.74, 6) is 0.394. The van der Waals surface area contributed by atoms with Crippen LogP contribution in [0.25, 0.3) is 16.7 Å². The number of phenols is 1. The van der Waals surface area contributed by atoms with Gasteiger partial charge in [0.2, 0.25) is 0 Å². The maximum absolute atomic E-state index is 11.5. The first kappa shape index (κ1) is 23.0. The topological polar surface area (TPSA) is 50.9 Å². The number of phenolic OH excluding ortho intramolecular Hbond substituents is 1. The summed E-state index contributed by atoms with van der Waals surface area (Å²) in [6.45, 7) is 15.5. The van der Waals surface area contributed by atoms with Crippen molar-refractivity contribution in [2.24, 2.45) is 5.41 Å². The zero-order valence-corrected chi connectivity index (χ0v) is 20.8. The molecule has 33 heavy (non-hydrogen) atoms. The molecule has 0 fully saturated rings. The van der Waals surface area contributed by atoms with Gasteiger partial charge in [0.25, 0.3) is 0 Å². The summed E-state index contributed by atoms with van der Waals surface area (Å²) in [5, 5.41) is 20.7. The highest BCUT2D eigenvalue weighted by atomic mass is 16.3.